The van der Waals surface area contributed by atoms with Gasteiger partial charge in [-0.1, -0.05) is 12.1 Å². The zero-order valence-corrected chi connectivity index (χ0v) is 20.6. The lowest BCUT2D eigenvalue weighted by Crippen LogP contribution is -2.44. The van der Waals surface area contributed by atoms with E-state index in [1.807, 2.05) is 42.5 Å². The van der Waals surface area contributed by atoms with E-state index < -0.39 is 0 Å². The molecular weight excluding hydrogens is 442 g/mol. The van der Waals surface area contributed by atoms with Crippen molar-refractivity contribution in [3.05, 3.63) is 59.7 Å². The number of hydrogen-bond acceptors (Lipinski definition) is 6. The molecule has 4 rings (SSSR count). The van der Waals surface area contributed by atoms with Crippen LogP contribution in [0.5, 0.6) is 5.75 Å². The molecule has 0 spiro atoms. The number of aromatic nitrogens is 1. The van der Waals surface area contributed by atoms with Gasteiger partial charge in [0.25, 0.3) is 0 Å². The Labute approximate surface area is 206 Å². The highest BCUT2D eigenvalue weighted by Crippen LogP contribution is 2.26. The molecule has 3 aromatic rings. The van der Waals surface area contributed by atoms with Crippen LogP contribution >= 0.6 is 0 Å². The maximum Gasteiger partial charge on any atom is 0.224 e. The lowest BCUT2D eigenvalue weighted by Gasteiger charge is -2.33. The molecule has 1 aromatic heterocycles. The molecule has 0 radical (unpaired) electrons. The predicted octanol–water partition coefficient (Wildman–Crippen LogP) is 3.34. The largest absolute Gasteiger partial charge is 0.497 e. The highest BCUT2D eigenvalue weighted by atomic mass is 16.5. The number of nitrogens with zero attached hydrogens (tertiary/aromatic N) is 3. The standard InChI is InChI=1S/C27H33N5O3/c1-19-16-25(32-14-12-31(2)13-15-32)30-24-9-6-21(17-23(19)24)29-27(34)11-10-26(33)28-18-20-4-7-22(35-3)8-5-20/h4-9,16-17H,10-15,18H2,1-3H3,(H,28,33)(H,29,34). The van der Waals surface area contributed by atoms with Crippen molar-refractivity contribution < 1.29 is 14.3 Å². The van der Waals surface area contributed by atoms with Gasteiger partial charge in [-0.05, 0) is 61.5 Å². The average molecular weight is 476 g/mol. The number of pyridine rings is 1. The zero-order chi connectivity index (χ0) is 24.8. The lowest BCUT2D eigenvalue weighted by molar-refractivity contribution is -0.124. The minimum atomic E-state index is -0.191. The van der Waals surface area contributed by atoms with Gasteiger partial charge >= 0.3 is 0 Å². The van der Waals surface area contributed by atoms with Gasteiger partial charge in [0.1, 0.15) is 11.6 Å². The van der Waals surface area contributed by atoms with Crippen molar-refractivity contribution in [2.75, 3.05) is 50.6 Å². The Morgan fingerprint density at radius 3 is 2.40 bits per heavy atom. The molecular formula is C27H33N5O3. The minimum absolute atomic E-state index is 0.117. The second kappa shape index (κ2) is 11.2. The summed E-state index contributed by atoms with van der Waals surface area (Å²) in [6, 6.07) is 15.4. The van der Waals surface area contributed by atoms with Gasteiger partial charge in [-0.3, -0.25) is 9.59 Å². The Morgan fingerprint density at radius 2 is 1.69 bits per heavy atom. The van der Waals surface area contributed by atoms with E-state index in [1.54, 1.807) is 7.11 Å². The van der Waals surface area contributed by atoms with E-state index >= 15 is 0 Å². The fourth-order valence-corrected chi connectivity index (χ4v) is 4.13. The monoisotopic (exact) mass is 475 g/mol. The number of rotatable bonds is 8. The van der Waals surface area contributed by atoms with Gasteiger partial charge in [0, 0.05) is 56.6 Å². The number of nitrogens with one attached hydrogen (secondary N) is 2. The number of carbonyl (C=O) groups is 2. The van der Waals surface area contributed by atoms with Crippen LogP contribution in [0.15, 0.2) is 48.5 Å². The van der Waals surface area contributed by atoms with E-state index in [0.717, 1.165) is 59.8 Å². The van der Waals surface area contributed by atoms with Crippen LogP contribution in [0, 0.1) is 6.92 Å². The molecule has 2 N–H and O–H groups in total. The van der Waals surface area contributed by atoms with Gasteiger partial charge in [0.15, 0.2) is 0 Å². The molecule has 0 unspecified atom stereocenters. The van der Waals surface area contributed by atoms with Crippen LogP contribution in [0.25, 0.3) is 10.9 Å². The fraction of sp³-hybridized carbons (Fsp3) is 0.370. The number of hydrogen-bond donors (Lipinski definition) is 2. The number of methoxy groups -OCH3 is 1. The SMILES string of the molecule is COc1ccc(CNC(=O)CCC(=O)Nc2ccc3nc(N4CCN(C)CC4)cc(C)c3c2)cc1. The second-order valence-corrected chi connectivity index (χ2v) is 8.99. The van der Waals surface area contributed by atoms with Crippen LogP contribution in [0.3, 0.4) is 0 Å². The quantitative estimate of drug-likeness (QED) is 0.520. The van der Waals surface area contributed by atoms with Crippen molar-refractivity contribution >= 4 is 34.2 Å². The third kappa shape index (κ3) is 6.48. The summed E-state index contributed by atoms with van der Waals surface area (Å²) in [6.45, 7) is 6.48. The van der Waals surface area contributed by atoms with E-state index in [0.29, 0.717) is 12.2 Å². The predicted molar refractivity (Wildman–Crippen MR) is 139 cm³/mol. The molecule has 0 atom stereocenters. The van der Waals surface area contributed by atoms with E-state index in [2.05, 4.69) is 40.5 Å². The van der Waals surface area contributed by atoms with Gasteiger partial charge in [0.2, 0.25) is 11.8 Å². The topological polar surface area (TPSA) is 86.8 Å². The molecule has 0 bridgehead atoms. The molecule has 1 aliphatic heterocycles. The number of piperazine rings is 1. The van der Waals surface area contributed by atoms with Crippen molar-refractivity contribution in [3.63, 3.8) is 0 Å². The van der Waals surface area contributed by atoms with Crippen LogP contribution in [-0.2, 0) is 16.1 Å². The number of benzene rings is 2. The summed E-state index contributed by atoms with van der Waals surface area (Å²) in [5.74, 6) is 1.42. The second-order valence-electron chi connectivity index (χ2n) is 8.99. The number of aryl methyl sites for hydroxylation is 1. The molecule has 35 heavy (non-hydrogen) atoms. The summed E-state index contributed by atoms with van der Waals surface area (Å²) in [5.41, 5.74) is 3.71. The highest BCUT2D eigenvalue weighted by Gasteiger charge is 2.17. The van der Waals surface area contributed by atoms with E-state index in [-0.39, 0.29) is 24.7 Å². The molecule has 184 valence electrons. The van der Waals surface area contributed by atoms with E-state index in [4.69, 9.17) is 9.72 Å². The van der Waals surface area contributed by atoms with E-state index in [1.165, 1.54) is 0 Å². The summed E-state index contributed by atoms with van der Waals surface area (Å²) in [6.07, 6.45) is 0.247. The first-order chi connectivity index (χ1) is 16.9. The normalized spacial score (nSPS) is 14.1. The Balaban J connectivity index is 1.29. The number of ether oxygens (including phenoxy) is 1. The third-order valence-electron chi connectivity index (χ3n) is 6.34. The first kappa shape index (κ1) is 24.5. The van der Waals surface area contributed by atoms with Crippen molar-refractivity contribution in [1.29, 1.82) is 0 Å². The molecule has 0 saturated carbocycles. The van der Waals surface area contributed by atoms with Crippen molar-refractivity contribution in [2.45, 2.75) is 26.3 Å². The zero-order valence-electron chi connectivity index (χ0n) is 20.6. The van der Waals surface area contributed by atoms with Gasteiger partial charge in [0.05, 0.1) is 12.6 Å². The molecule has 1 saturated heterocycles. The van der Waals surface area contributed by atoms with Crippen molar-refractivity contribution in [1.82, 2.24) is 15.2 Å². The van der Waals surface area contributed by atoms with Gasteiger partial charge in [-0.15, -0.1) is 0 Å². The van der Waals surface area contributed by atoms with Crippen LogP contribution in [-0.4, -0.2) is 62.0 Å². The van der Waals surface area contributed by atoms with Crippen LogP contribution in [0.2, 0.25) is 0 Å². The summed E-state index contributed by atoms with van der Waals surface area (Å²) in [7, 11) is 3.75. The number of amides is 2. The highest BCUT2D eigenvalue weighted by molar-refractivity contribution is 5.96. The van der Waals surface area contributed by atoms with Crippen molar-refractivity contribution in [2.24, 2.45) is 0 Å². The molecule has 2 amide bonds. The summed E-state index contributed by atoms with van der Waals surface area (Å²) < 4.78 is 5.13. The smallest absolute Gasteiger partial charge is 0.224 e. The van der Waals surface area contributed by atoms with E-state index in [9.17, 15) is 9.59 Å². The molecule has 2 heterocycles. The maximum atomic E-state index is 12.4. The molecule has 8 heteroatoms. The number of anilines is 2. The Morgan fingerprint density at radius 1 is 0.971 bits per heavy atom. The third-order valence-corrected chi connectivity index (χ3v) is 6.34. The fourth-order valence-electron chi connectivity index (χ4n) is 4.13. The summed E-state index contributed by atoms with van der Waals surface area (Å²) in [5, 5.41) is 6.77. The van der Waals surface area contributed by atoms with Gasteiger partial charge in [-0.2, -0.15) is 0 Å². The maximum absolute atomic E-state index is 12.4. The molecule has 0 aliphatic carbocycles. The van der Waals surface area contributed by atoms with Crippen molar-refractivity contribution in [3.8, 4) is 5.75 Å². The Bertz CT molecular complexity index is 1190. The number of carbonyl (C=O) groups excluding carboxylic acids is 2. The average Bonchev–Trinajstić information content (AvgIpc) is 2.87. The minimum Gasteiger partial charge on any atom is -0.497 e. The molecule has 1 fully saturated rings. The van der Waals surface area contributed by atoms with Gasteiger partial charge in [-0.25, -0.2) is 4.98 Å². The Hall–Kier alpha value is -3.65. The number of likely N-dealkylation sites (N-methyl/N-ethyl adjacent to an activating group) is 1. The molecule has 2 aromatic carbocycles. The van der Waals surface area contributed by atoms with Crippen LogP contribution < -0.4 is 20.3 Å². The van der Waals surface area contributed by atoms with Gasteiger partial charge < -0.3 is 25.2 Å². The summed E-state index contributed by atoms with van der Waals surface area (Å²) in [4.78, 5) is 34.1. The Kier molecular flexibility index (Phi) is 7.82. The first-order valence-electron chi connectivity index (χ1n) is 12.0. The molecule has 8 nitrogen and oxygen atoms in total. The summed E-state index contributed by atoms with van der Waals surface area (Å²) >= 11 is 0. The van der Waals surface area contributed by atoms with Crippen LogP contribution in [0.1, 0.15) is 24.0 Å². The number of fused-ring (bicyclic) bond motifs is 1. The first-order valence-corrected chi connectivity index (χ1v) is 12.0. The lowest BCUT2D eigenvalue weighted by atomic mass is 10.1. The molecule has 1 aliphatic rings. The van der Waals surface area contributed by atoms with Crippen LogP contribution in [0.4, 0.5) is 11.5 Å².